The zero-order valence-corrected chi connectivity index (χ0v) is 13.4. The van der Waals surface area contributed by atoms with Crippen molar-refractivity contribution in [3.05, 3.63) is 20.3 Å². The summed E-state index contributed by atoms with van der Waals surface area (Å²) in [6.07, 6.45) is 1.56. The third kappa shape index (κ3) is 3.57. The van der Waals surface area contributed by atoms with Gasteiger partial charge in [0.25, 0.3) is 5.91 Å². The summed E-state index contributed by atoms with van der Waals surface area (Å²) in [6, 6.07) is 1.84. The summed E-state index contributed by atoms with van der Waals surface area (Å²) < 4.78 is 0.986. The number of likely N-dealkylation sites (tertiary alicyclic amines) is 1. The molecule has 1 N–H and O–H groups in total. The van der Waals surface area contributed by atoms with E-state index in [1.807, 2.05) is 24.8 Å². The highest BCUT2D eigenvalue weighted by atomic mass is 79.9. The van der Waals surface area contributed by atoms with E-state index < -0.39 is 0 Å². The van der Waals surface area contributed by atoms with Crippen molar-refractivity contribution in [2.24, 2.45) is 0 Å². The lowest BCUT2D eigenvalue weighted by molar-refractivity contribution is -0.127. The molecule has 1 aromatic rings. The van der Waals surface area contributed by atoms with E-state index in [9.17, 15) is 9.59 Å². The van der Waals surface area contributed by atoms with Gasteiger partial charge < -0.3 is 10.2 Å². The molecule has 0 bridgehead atoms. The van der Waals surface area contributed by atoms with E-state index in [1.54, 1.807) is 0 Å². The summed E-state index contributed by atoms with van der Waals surface area (Å²) in [5.74, 6) is 0.119. The Bertz CT molecular complexity index is 481. The number of carbonyl (C=O) groups excluding carboxylic acids is 2. The van der Waals surface area contributed by atoms with Crippen LogP contribution in [-0.4, -0.2) is 35.8 Å². The normalized spacial score (nSPS) is 16.8. The Kier molecular flexibility index (Phi) is 4.62. The fraction of sp³-hybridized carbons (Fsp3) is 0.538. The van der Waals surface area contributed by atoms with Crippen LogP contribution in [0.5, 0.6) is 0 Å². The highest BCUT2D eigenvalue weighted by Gasteiger charge is 2.22. The third-order valence-corrected chi connectivity index (χ3v) is 5.26. The summed E-state index contributed by atoms with van der Waals surface area (Å²) in [5.41, 5.74) is 1.07. The topological polar surface area (TPSA) is 49.4 Å². The fourth-order valence-corrected chi connectivity index (χ4v) is 3.58. The van der Waals surface area contributed by atoms with Gasteiger partial charge in [-0.25, -0.2) is 0 Å². The average Bonchev–Trinajstić information content (AvgIpc) is 2.87. The molecule has 1 saturated heterocycles. The molecule has 104 valence electrons. The van der Waals surface area contributed by atoms with Gasteiger partial charge in [-0.3, -0.25) is 9.59 Å². The molecule has 0 radical (unpaired) electrons. The highest BCUT2D eigenvalue weighted by molar-refractivity contribution is 9.11. The molecule has 0 aromatic carbocycles. The van der Waals surface area contributed by atoms with Crippen LogP contribution in [0.3, 0.4) is 0 Å². The average molecular weight is 345 g/mol. The standard InChI is InChI=1S/C13H17BrN2O2S/c1-8-6-10(19-12(8)14)13(18)15-9(2)7-16-5-3-4-11(16)17/h6,9H,3-5,7H2,1-2H3,(H,15,18). The van der Waals surface area contributed by atoms with E-state index in [-0.39, 0.29) is 17.9 Å². The molecule has 1 aliphatic heterocycles. The van der Waals surface area contributed by atoms with Gasteiger partial charge in [-0.05, 0) is 47.8 Å². The van der Waals surface area contributed by atoms with Crippen molar-refractivity contribution in [3.63, 3.8) is 0 Å². The molecule has 2 amide bonds. The van der Waals surface area contributed by atoms with Crippen LogP contribution in [0, 0.1) is 6.92 Å². The summed E-state index contributed by atoms with van der Waals surface area (Å²) in [7, 11) is 0. The maximum atomic E-state index is 12.1. The predicted molar refractivity (Wildman–Crippen MR) is 79.5 cm³/mol. The predicted octanol–water partition coefficient (Wildman–Crippen LogP) is 2.56. The number of amides is 2. The number of aryl methyl sites for hydroxylation is 1. The summed E-state index contributed by atoms with van der Waals surface area (Å²) >= 11 is 4.85. The Labute approximate surface area is 125 Å². The van der Waals surface area contributed by atoms with Gasteiger partial charge in [-0.15, -0.1) is 11.3 Å². The number of nitrogens with one attached hydrogen (secondary N) is 1. The van der Waals surface area contributed by atoms with E-state index in [0.717, 1.165) is 22.3 Å². The van der Waals surface area contributed by atoms with Crippen molar-refractivity contribution in [2.45, 2.75) is 32.7 Å². The number of thiophene rings is 1. The van der Waals surface area contributed by atoms with Crippen LogP contribution in [0.4, 0.5) is 0 Å². The quantitative estimate of drug-likeness (QED) is 0.912. The fourth-order valence-electron chi connectivity index (χ4n) is 2.14. The van der Waals surface area contributed by atoms with Crippen LogP contribution in [0.1, 0.15) is 35.0 Å². The maximum Gasteiger partial charge on any atom is 0.261 e. The molecule has 4 nitrogen and oxygen atoms in total. The van der Waals surface area contributed by atoms with Crippen LogP contribution in [0.2, 0.25) is 0 Å². The summed E-state index contributed by atoms with van der Waals surface area (Å²) in [6.45, 7) is 5.29. The van der Waals surface area contributed by atoms with Gasteiger partial charge >= 0.3 is 0 Å². The third-order valence-electron chi connectivity index (χ3n) is 3.12. The van der Waals surface area contributed by atoms with Crippen molar-refractivity contribution in [1.29, 1.82) is 0 Å². The Morgan fingerprint density at radius 3 is 2.89 bits per heavy atom. The molecule has 2 rings (SSSR count). The zero-order valence-electron chi connectivity index (χ0n) is 11.0. The molecule has 1 unspecified atom stereocenters. The van der Waals surface area contributed by atoms with Gasteiger partial charge in [0.15, 0.2) is 0 Å². The summed E-state index contributed by atoms with van der Waals surface area (Å²) in [5, 5.41) is 2.94. The highest BCUT2D eigenvalue weighted by Crippen LogP contribution is 2.27. The SMILES string of the molecule is Cc1cc(C(=O)NC(C)CN2CCCC2=O)sc1Br. The number of halogens is 1. The number of hydrogen-bond donors (Lipinski definition) is 1. The number of hydrogen-bond acceptors (Lipinski definition) is 3. The molecule has 0 spiro atoms. The van der Waals surface area contributed by atoms with Crippen LogP contribution in [0.25, 0.3) is 0 Å². The molecule has 1 aromatic heterocycles. The minimum atomic E-state index is -0.0713. The Hall–Kier alpha value is -0.880. The van der Waals surface area contributed by atoms with E-state index in [4.69, 9.17) is 0 Å². The molecule has 19 heavy (non-hydrogen) atoms. The maximum absolute atomic E-state index is 12.1. The lowest BCUT2D eigenvalue weighted by Gasteiger charge is -2.21. The Morgan fingerprint density at radius 2 is 2.37 bits per heavy atom. The van der Waals surface area contributed by atoms with E-state index in [1.165, 1.54) is 11.3 Å². The molecule has 1 fully saturated rings. The van der Waals surface area contributed by atoms with Gasteiger partial charge in [0.05, 0.1) is 8.66 Å². The van der Waals surface area contributed by atoms with Crippen molar-refractivity contribution < 1.29 is 9.59 Å². The molecule has 6 heteroatoms. The van der Waals surface area contributed by atoms with Crippen LogP contribution < -0.4 is 5.32 Å². The van der Waals surface area contributed by atoms with E-state index in [2.05, 4.69) is 21.2 Å². The first-order valence-corrected chi connectivity index (χ1v) is 7.93. The number of rotatable bonds is 4. The molecule has 1 aliphatic rings. The molecule has 1 atom stereocenters. The second-order valence-corrected chi connectivity index (χ2v) is 7.26. The Morgan fingerprint density at radius 1 is 1.63 bits per heavy atom. The van der Waals surface area contributed by atoms with Crippen LogP contribution in [0.15, 0.2) is 9.85 Å². The van der Waals surface area contributed by atoms with Crippen LogP contribution in [-0.2, 0) is 4.79 Å². The van der Waals surface area contributed by atoms with Crippen molar-refractivity contribution in [2.75, 3.05) is 13.1 Å². The monoisotopic (exact) mass is 344 g/mol. The number of carbonyl (C=O) groups is 2. The van der Waals surface area contributed by atoms with Gasteiger partial charge in [-0.2, -0.15) is 0 Å². The second kappa shape index (κ2) is 6.05. The van der Waals surface area contributed by atoms with Gasteiger partial charge in [0, 0.05) is 25.6 Å². The minimum absolute atomic E-state index is 0.0317. The smallest absolute Gasteiger partial charge is 0.261 e. The molecule has 0 saturated carbocycles. The molecular weight excluding hydrogens is 328 g/mol. The lowest BCUT2D eigenvalue weighted by Crippen LogP contribution is -2.42. The Balaban J connectivity index is 1.89. The van der Waals surface area contributed by atoms with E-state index in [0.29, 0.717) is 17.8 Å². The first-order chi connectivity index (χ1) is 8.97. The molecular formula is C13H17BrN2O2S. The van der Waals surface area contributed by atoms with Crippen LogP contribution >= 0.6 is 27.3 Å². The summed E-state index contributed by atoms with van der Waals surface area (Å²) in [4.78, 5) is 26.1. The van der Waals surface area contributed by atoms with E-state index >= 15 is 0 Å². The largest absolute Gasteiger partial charge is 0.347 e. The van der Waals surface area contributed by atoms with Gasteiger partial charge in [0.1, 0.15) is 0 Å². The minimum Gasteiger partial charge on any atom is -0.347 e. The molecule has 2 heterocycles. The first kappa shape index (κ1) is 14.5. The first-order valence-electron chi connectivity index (χ1n) is 6.32. The second-order valence-electron chi connectivity index (χ2n) is 4.89. The van der Waals surface area contributed by atoms with Crippen molar-refractivity contribution in [1.82, 2.24) is 10.2 Å². The zero-order chi connectivity index (χ0) is 14.0. The van der Waals surface area contributed by atoms with Crippen molar-refractivity contribution in [3.8, 4) is 0 Å². The number of nitrogens with zero attached hydrogens (tertiary/aromatic N) is 1. The van der Waals surface area contributed by atoms with Gasteiger partial charge in [-0.1, -0.05) is 0 Å². The lowest BCUT2D eigenvalue weighted by atomic mass is 10.3. The molecule has 0 aliphatic carbocycles. The van der Waals surface area contributed by atoms with Gasteiger partial charge in [0.2, 0.25) is 5.91 Å². The van der Waals surface area contributed by atoms with Crippen molar-refractivity contribution >= 4 is 39.1 Å².